The van der Waals surface area contributed by atoms with Crippen molar-refractivity contribution in [3.63, 3.8) is 0 Å². The standard InChI is InChI=1S/C17H27N5O5/c1-16(2,3)12(9-19-15(24)27-17(4,5)6)21-14(23)10-7-8-11(22(25)26)13(18)20-10/h7-8,12H,9H2,1-6H3,(H2,18,20)(H,19,24)(H,21,23). The van der Waals surface area contributed by atoms with Gasteiger partial charge in [-0.15, -0.1) is 0 Å². The van der Waals surface area contributed by atoms with Crippen LogP contribution in [-0.2, 0) is 4.74 Å². The van der Waals surface area contributed by atoms with Gasteiger partial charge in [0.2, 0.25) is 5.82 Å². The molecule has 1 unspecified atom stereocenters. The van der Waals surface area contributed by atoms with Gasteiger partial charge >= 0.3 is 11.8 Å². The van der Waals surface area contributed by atoms with E-state index in [1.165, 1.54) is 6.07 Å². The first-order valence-corrected chi connectivity index (χ1v) is 8.39. The first-order chi connectivity index (χ1) is 12.2. The molecule has 1 atom stereocenters. The Morgan fingerprint density at radius 2 is 1.85 bits per heavy atom. The van der Waals surface area contributed by atoms with E-state index < -0.39 is 34.0 Å². The molecule has 10 heteroatoms. The van der Waals surface area contributed by atoms with Crippen LogP contribution >= 0.6 is 0 Å². The van der Waals surface area contributed by atoms with E-state index in [1.807, 2.05) is 20.8 Å². The van der Waals surface area contributed by atoms with Crippen LogP contribution in [0.1, 0.15) is 52.0 Å². The largest absolute Gasteiger partial charge is 0.444 e. The maximum Gasteiger partial charge on any atom is 0.407 e. The monoisotopic (exact) mass is 381 g/mol. The number of alkyl carbamates (subject to hydrolysis) is 1. The van der Waals surface area contributed by atoms with E-state index in [0.717, 1.165) is 6.07 Å². The van der Waals surface area contributed by atoms with Gasteiger partial charge in [0.25, 0.3) is 5.91 Å². The van der Waals surface area contributed by atoms with Crippen molar-refractivity contribution in [1.29, 1.82) is 0 Å². The summed E-state index contributed by atoms with van der Waals surface area (Å²) in [6.07, 6.45) is -0.594. The zero-order chi connectivity index (χ0) is 21.0. The van der Waals surface area contributed by atoms with Gasteiger partial charge in [0.05, 0.1) is 11.0 Å². The fourth-order valence-electron chi connectivity index (χ4n) is 2.05. The molecule has 4 N–H and O–H groups in total. The Morgan fingerprint density at radius 1 is 1.26 bits per heavy atom. The maximum absolute atomic E-state index is 12.5. The highest BCUT2D eigenvalue weighted by molar-refractivity contribution is 5.93. The van der Waals surface area contributed by atoms with Gasteiger partial charge in [-0.2, -0.15) is 0 Å². The topological polar surface area (TPSA) is 149 Å². The van der Waals surface area contributed by atoms with Crippen molar-refractivity contribution in [1.82, 2.24) is 15.6 Å². The second kappa shape index (κ2) is 8.19. The highest BCUT2D eigenvalue weighted by Crippen LogP contribution is 2.21. The lowest BCUT2D eigenvalue weighted by atomic mass is 9.86. The Labute approximate surface area is 158 Å². The van der Waals surface area contributed by atoms with Crippen molar-refractivity contribution < 1.29 is 19.2 Å². The van der Waals surface area contributed by atoms with E-state index in [9.17, 15) is 19.7 Å². The number of nitrogens with zero attached hydrogens (tertiary/aromatic N) is 2. The Kier molecular flexibility index (Phi) is 6.71. The summed E-state index contributed by atoms with van der Waals surface area (Å²) in [6, 6.07) is 1.91. The summed E-state index contributed by atoms with van der Waals surface area (Å²) in [4.78, 5) is 38.2. The number of hydrogen-bond donors (Lipinski definition) is 3. The van der Waals surface area contributed by atoms with Crippen molar-refractivity contribution in [3.8, 4) is 0 Å². The first-order valence-electron chi connectivity index (χ1n) is 8.39. The molecule has 0 aliphatic carbocycles. The van der Waals surface area contributed by atoms with Gasteiger partial charge < -0.3 is 21.1 Å². The second-order valence-electron chi connectivity index (χ2n) is 8.13. The smallest absolute Gasteiger partial charge is 0.407 e. The van der Waals surface area contributed by atoms with Crippen molar-refractivity contribution in [2.45, 2.75) is 53.2 Å². The molecular formula is C17H27N5O5. The van der Waals surface area contributed by atoms with Crippen LogP contribution in [0.25, 0.3) is 0 Å². The van der Waals surface area contributed by atoms with E-state index in [1.54, 1.807) is 20.8 Å². The molecule has 27 heavy (non-hydrogen) atoms. The lowest BCUT2D eigenvalue weighted by Gasteiger charge is -2.32. The summed E-state index contributed by atoms with van der Waals surface area (Å²) in [5.74, 6) is -0.894. The summed E-state index contributed by atoms with van der Waals surface area (Å²) in [6.45, 7) is 11.1. The number of nitrogen functional groups attached to an aromatic ring is 1. The summed E-state index contributed by atoms with van der Waals surface area (Å²) >= 11 is 0. The average molecular weight is 381 g/mol. The van der Waals surface area contributed by atoms with Crippen LogP contribution in [0.2, 0.25) is 0 Å². The van der Waals surface area contributed by atoms with E-state index in [0.29, 0.717) is 0 Å². The van der Waals surface area contributed by atoms with Gasteiger partial charge in [-0.3, -0.25) is 14.9 Å². The summed E-state index contributed by atoms with van der Waals surface area (Å²) in [7, 11) is 0. The highest BCUT2D eigenvalue weighted by atomic mass is 16.6. The number of rotatable bonds is 5. The van der Waals surface area contributed by atoms with E-state index in [4.69, 9.17) is 10.5 Å². The summed E-state index contributed by atoms with van der Waals surface area (Å²) in [5.41, 5.74) is 4.08. The van der Waals surface area contributed by atoms with Gasteiger partial charge in [-0.1, -0.05) is 20.8 Å². The number of amides is 2. The highest BCUT2D eigenvalue weighted by Gasteiger charge is 2.29. The Bertz CT molecular complexity index is 721. The zero-order valence-electron chi connectivity index (χ0n) is 16.5. The van der Waals surface area contributed by atoms with E-state index >= 15 is 0 Å². The van der Waals surface area contributed by atoms with Gasteiger partial charge in [-0.05, 0) is 32.3 Å². The lowest BCUT2D eigenvalue weighted by molar-refractivity contribution is -0.384. The van der Waals surface area contributed by atoms with Crippen molar-refractivity contribution in [3.05, 3.63) is 27.9 Å². The molecule has 0 aliphatic rings. The van der Waals surface area contributed by atoms with Crippen LogP contribution in [-0.4, -0.2) is 40.1 Å². The second-order valence-corrected chi connectivity index (χ2v) is 8.13. The number of carbonyl (C=O) groups excluding carboxylic acids is 2. The lowest BCUT2D eigenvalue weighted by Crippen LogP contribution is -2.51. The van der Waals surface area contributed by atoms with Crippen LogP contribution in [0.15, 0.2) is 12.1 Å². The van der Waals surface area contributed by atoms with Crippen molar-refractivity contribution in [2.24, 2.45) is 5.41 Å². The van der Waals surface area contributed by atoms with Crippen LogP contribution in [0.3, 0.4) is 0 Å². The fraction of sp³-hybridized carbons (Fsp3) is 0.588. The molecule has 0 aliphatic heterocycles. The molecule has 1 aromatic rings. The van der Waals surface area contributed by atoms with Crippen LogP contribution in [0.4, 0.5) is 16.3 Å². The normalized spacial score (nSPS) is 12.8. The molecule has 0 fully saturated rings. The third-order valence-corrected chi connectivity index (χ3v) is 3.53. The molecule has 1 rings (SSSR count). The maximum atomic E-state index is 12.5. The fourth-order valence-corrected chi connectivity index (χ4v) is 2.05. The number of nitro groups is 1. The van der Waals surface area contributed by atoms with Crippen LogP contribution < -0.4 is 16.4 Å². The summed E-state index contributed by atoms with van der Waals surface area (Å²) in [5, 5.41) is 16.2. The number of hydrogen-bond acceptors (Lipinski definition) is 7. The predicted molar refractivity (Wildman–Crippen MR) is 100 cm³/mol. The molecule has 2 amide bonds. The number of nitrogens with two attached hydrogens (primary N) is 1. The Balaban J connectivity index is 2.85. The minimum Gasteiger partial charge on any atom is -0.444 e. The van der Waals surface area contributed by atoms with Gasteiger partial charge in [0.1, 0.15) is 11.3 Å². The SMILES string of the molecule is CC(C)(C)OC(=O)NCC(NC(=O)c1ccc([N+](=O)[O-])c(N)n1)C(C)(C)C. The Morgan fingerprint density at radius 3 is 2.30 bits per heavy atom. The van der Waals surface area contributed by atoms with E-state index in [-0.39, 0.29) is 23.7 Å². The van der Waals surface area contributed by atoms with E-state index in [2.05, 4.69) is 15.6 Å². The number of anilines is 1. The third-order valence-electron chi connectivity index (χ3n) is 3.53. The minimum absolute atomic E-state index is 0.0513. The average Bonchev–Trinajstić information content (AvgIpc) is 2.47. The molecule has 1 heterocycles. The van der Waals surface area contributed by atoms with Crippen molar-refractivity contribution in [2.75, 3.05) is 12.3 Å². The molecule has 1 aromatic heterocycles. The molecule has 0 radical (unpaired) electrons. The van der Waals surface area contributed by atoms with Crippen LogP contribution in [0, 0.1) is 15.5 Å². The zero-order valence-corrected chi connectivity index (χ0v) is 16.5. The number of pyridine rings is 1. The van der Waals surface area contributed by atoms with Crippen LogP contribution in [0.5, 0.6) is 0 Å². The quantitative estimate of drug-likeness (QED) is 0.523. The van der Waals surface area contributed by atoms with Gasteiger partial charge in [-0.25, -0.2) is 9.78 Å². The third kappa shape index (κ3) is 7.08. The predicted octanol–water partition coefficient (Wildman–Crippen LogP) is 2.24. The molecule has 0 bridgehead atoms. The molecule has 0 aromatic carbocycles. The Hall–Kier alpha value is -2.91. The molecule has 0 saturated heterocycles. The van der Waals surface area contributed by atoms with Gasteiger partial charge in [0.15, 0.2) is 0 Å². The number of ether oxygens (including phenoxy) is 1. The molecule has 0 spiro atoms. The number of nitrogens with one attached hydrogen (secondary N) is 2. The van der Waals surface area contributed by atoms with Crippen molar-refractivity contribution >= 4 is 23.5 Å². The molecule has 10 nitrogen and oxygen atoms in total. The summed E-state index contributed by atoms with van der Waals surface area (Å²) < 4.78 is 5.19. The first kappa shape index (κ1) is 22.1. The molecule has 150 valence electrons. The molecular weight excluding hydrogens is 354 g/mol. The number of aromatic nitrogens is 1. The number of carbonyl (C=O) groups is 2. The minimum atomic E-state index is -0.674. The molecule has 0 saturated carbocycles. The van der Waals surface area contributed by atoms with Gasteiger partial charge in [0, 0.05) is 12.6 Å².